The summed E-state index contributed by atoms with van der Waals surface area (Å²) >= 11 is 0. The van der Waals surface area contributed by atoms with Gasteiger partial charge in [0.2, 0.25) is 5.78 Å². The van der Waals surface area contributed by atoms with Gasteiger partial charge >= 0.3 is 0 Å². The maximum Gasteiger partial charge on any atom is 0.231 e. The topological polar surface area (TPSA) is 75.7 Å². The Morgan fingerprint density at radius 1 is 0.861 bits per heavy atom. The van der Waals surface area contributed by atoms with Crippen LogP contribution in [0.3, 0.4) is 0 Å². The molecule has 0 atom stereocenters. The molecule has 3 aromatic carbocycles. The molecule has 2 aliphatic rings. The van der Waals surface area contributed by atoms with E-state index in [-0.39, 0.29) is 11.5 Å². The second-order valence-electron chi connectivity index (χ2n) is 8.42. The lowest BCUT2D eigenvalue weighted by molar-refractivity contribution is 0.0872. The van der Waals surface area contributed by atoms with Crippen molar-refractivity contribution in [3.63, 3.8) is 0 Å². The van der Waals surface area contributed by atoms with Gasteiger partial charge in [0.25, 0.3) is 0 Å². The molecule has 0 radical (unpaired) electrons. The zero-order chi connectivity index (χ0) is 25.2. The fourth-order valence-corrected chi connectivity index (χ4v) is 4.44. The first-order valence-electron chi connectivity index (χ1n) is 11.4. The lowest BCUT2D eigenvalue weighted by atomic mass is 10.0. The van der Waals surface area contributed by atoms with Crippen LogP contribution < -0.4 is 28.4 Å². The molecule has 0 aromatic heterocycles. The number of hydrogen-bond donors (Lipinski definition) is 0. The van der Waals surface area contributed by atoms with Gasteiger partial charge in [0.05, 0.1) is 39.6 Å². The Hall–Kier alpha value is -4.17. The van der Waals surface area contributed by atoms with Crippen LogP contribution >= 0.6 is 0 Å². The Kier molecular flexibility index (Phi) is 6.43. The molecular formula is C28H27NO7. The monoisotopic (exact) mass is 489 g/mol. The van der Waals surface area contributed by atoms with Gasteiger partial charge in [-0.25, -0.2) is 0 Å². The molecule has 0 amide bonds. The van der Waals surface area contributed by atoms with Crippen LogP contribution in [0.5, 0.6) is 34.5 Å². The summed E-state index contributed by atoms with van der Waals surface area (Å²) in [5, 5.41) is 0. The third kappa shape index (κ3) is 4.31. The Morgan fingerprint density at radius 3 is 2.28 bits per heavy atom. The minimum atomic E-state index is -0.167. The number of nitrogens with zero attached hydrogens (tertiary/aromatic N) is 1. The van der Waals surface area contributed by atoms with Crippen molar-refractivity contribution in [2.75, 3.05) is 35.2 Å². The highest BCUT2D eigenvalue weighted by atomic mass is 16.5. The minimum Gasteiger partial charge on any atom is -0.493 e. The van der Waals surface area contributed by atoms with Crippen molar-refractivity contribution in [2.45, 2.75) is 13.1 Å². The molecule has 186 valence electrons. The Bertz CT molecular complexity index is 1350. The number of hydrogen-bond acceptors (Lipinski definition) is 8. The summed E-state index contributed by atoms with van der Waals surface area (Å²) in [6.45, 7) is 1.62. The van der Waals surface area contributed by atoms with Gasteiger partial charge in [0, 0.05) is 13.1 Å². The van der Waals surface area contributed by atoms with Crippen LogP contribution in [-0.2, 0) is 13.1 Å². The van der Waals surface area contributed by atoms with Crippen molar-refractivity contribution in [2.24, 2.45) is 0 Å². The number of ether oxygens (including phenoxy) is 6. The summed E-state index contributed by atoms with van der Waals surface area (Å²) in [7, 11) is 6.38. The predicted octanol–water partition coefficient (Wildman–Crippen LogP) is 4.69. The fourth-order valence-electron chi connectivity index (χ4n) is 4.44. The molecule has 0 unspecified atom stereocenters. The van der Waals surface area contributed by atoms with Crippen LogP contribution in [0.4, 0.5) is 0 Å². The zero-order valence-electron chi connectivity index (χ0n) is 20.6. The minimum absolute atomic E-state index is 0.167. The first-order chi connectivity index (χ1) is 17.5. The van der Waals surface area contributed by atoms with E-state index in [1.807, 2.05) is 30.3 Å². The molecule has 0 saturated carbocycles. The highest BCUT2D eigenvalue weighted by molar-refractivity contribution is 6.15. The highest BCUT2D eigenvalue weighted by Gasteiger charge is 2.33. The van der Waals surface area contributed by atoms with Crippen molar-refractivity contribution < 1.29 is 33.2 Å². The maximum atomic E-state index is 13.1. The SMILES string of the molecule is COc1ccc(/C=C2\Oc3c(ccc4c3CN(Cc3ccc(OC)c(OC)c3)CO4)C2=O)cc1OC. The quantitative estimate of drug-likeness (QED) is 0.443. The number of benzene rings is 3. The van der Waals surface area contributed by atoms with Crippen molar-refractivity contribution in [1.82, 2.24) is 4.90 Å². The van der Waals surface area contributed by atoms with Gasteiger partial charge in [0.15, 0.2) is 28.8 Å². The largest absolute Gasteiger partial charge is 0.493 e. The highest BCUT2D eigenvalue weighted by Crippen LogP contribution is 2.42. The molecule has 0 fully saturated rings. The van der Waals surface area contributed by atoms with E-state index >= 15 is 0 Å². The van der Waals surface area contributed by atoms with Crippen molar-refractivity contribution in [1.29, 1.82) is 0 Å². The third-order valence-corrected chi connectivity index (χ3v) is 6.24. The molecule has 3 aromatic rings. The predicted molar refractivity (Wildman–Crippen MR) is 133 cm³/mol. The molecule has 0 saturated heterocycles. The summed E-state index contributed by atoms with van der Waals surface area (Å²) in [4.78, 5) is 15.3. The standard InChI is InChI=1S/C28H27NO7/c1-31-22-8-5-17(11-24(22)33-3)12-26-27(30)19-7-10-21-20(28(19)36-26)15-29(16-35-21)14-18-6-9-23(32-2)25(13-18)34-4/h5-13H,14-16H2,1-4H3/b26-12-. The second-order valence-corrected chi connectivity index (χ2v) is 8.42. The molecule has 36 heavy (non-hydrogen) atoms. The molecule has 0 bridgehead atoms. The van der Waals surface area contributed by atoms with Crippen molar-refractivity contribution >= 4 is 11.9 Å². The third-order valence-electron chi connectivity index (χ3n) is 6.24. The zero-order valence-corrected chi connectivity index (χ0v) is 20.6. The fraction of sp³-hybridized carbons (Fsp3) is 0.250. The molecule has 8 nitrogen and oxygen atoms in total. The molecule has 5 rings (SSSR count). The van der Waals surface area contributed by atoms with Crippen LogP contribution in [0.1, 0.15) is 27.0 Å². The van der Waals surface area contributed by atoms with E-state index in [0.717, 1.165) is 22.4 Å². The van der Waals surface area contributed by atoms with Crippen LogP contribution in [0, 0.1) is 0 Å². The smallest absolute Gasteiger partial charge is 0.231 e. The van der Waals surface area contributed by atoms with E-state index in [4.69, 9.17) is 28.4 Å². The normalized spacial score (nSPS) is 15.6. The van der Waals surface area contributed by atoms with Crippen molar-refractivity contribution in [3.8, 4) is 34.5 Å². The molecule has 2 aliphatic heterocycles. The number of Topliss-reactive ketones (excluding diaryl/α,β-unsaturated/α-hetero) is 1. The van der Waals surface area contributed by atoms with Gasteiger partial charge in [-0.15, -0.1) is 0 Å². The average molecular weight is 490 g/mol. The maximum absolute atomic E-state index is 13.1. The number of fused-ring (bicyclic) bond motifs is 3. The Morgan fingerprint density at radius 2 is 1.56 bits per heavy atom. The van der Waals surface area contributed by atoms with Gasteiger partial charge in [-0.05, 0) is 53.6 Å². The van der Waals surface area contributed by atoms with Gasteiger partial charge in [-0.3, -0.25) is 9.69 Å². The van der Waals surface area contributed by atoms with E-state index in [1.165, 1.54) is 0 Å². The van der Waals surface area contributed by atoms with Gasteiger partial charge in [0.1, 0.15) is 18.2 Å². The van der Waals surface area contributed by atoms with E-state index in [1.54, 1.807) is 52.7 Å². The summed E-state index contributed by atoms with van der Waals surface area (Å²) in [6, 6.07) is 14.9. The van der Waals surface area contributed by atoms with Gasteiger partial charge < -0.3 is 28.4 Å². The summed E-state index contributed by atoms with van der Waals surface area (Å²) in [5.41, 5.74) is 3.20. The van der Waals surface area contributed by atoms with E-state index in [2.05, 4.69) is 4.90 Å². The molecule has 0 spiro atoms. The Labute approximate surface area is 209 Å². The van der Waals surface area contributed by atoms with Crippen LogP contribution in [0.2, 0.25) is 0 Å². The Balaban J connectivity index is 1.39. The number of rotatable bonds is 7. The van der Waals surface area contributed by atoms with Crippen molar-refractivity contribution in [3.05, 3.63) is 76.5 Å². The van der Waals surface area contributed by atoms with Crippen LogP contribution in [0.25, 0.3) is 6.08 Å². The second kappa shape index (κ2) is 9.83. The first kappa shape index (κ1) is 23.6. The molecule has 0 N–H and O–H groups in total. The van der Waals surface area contributed by atoms with E-state index in [9.17, 15) is 4.79 Å². The summed E-state index contributed by atoms with van der Waals surface area (Å²) in [6.07, 6.45) is 1.71. The lowest BCUT2D eigenvalue weighted by Gasteiger charge is -2.29. The van der Waals surface area contributed by atoms with E-state index < -0.39 is 0 Å². The number of methoxy groups -OCH3 is 4. The number of allylic oxidation sites excluding steroid dienone is 1. The molecule has 0 aliphatic carbocycles. The summed E-state index contributed by atoms with van der Waals surface area (Å²) < 4.78 is 33.6. The van der Waals surface area contributed by atoms with E-state index in [0.29, 0.717) is 54.1 Å². The summed E-state index contributed by atoms with van der Waals surface area (Å²) in [5.74, 6) is 3.89. The molecule has 2 heterocycles. The first-order valence-corrected chi connectivity index (χ1v) is 11.4. The number of carbonyl (C=O) groups is 1. The van der Waals surface area contributed by atoms with Gasteiger partial charge in [-0.2, -0.15) is 0 Å². The van der Waals surface area contributed by atoms with Crippen LogP contribution in [-0.4, -0.2) is 45.9 Å². The van der Waals surface area contributed by atoms with Gasteiger partial charge in [-0.1, -0.05) is 12.1 Å². The molecular weight excluding hydrogens is 462 g/mol. The average Bonchev–Trinajstić information content (AvgIpc) is 3.23. The molecule has 8 heteroatoms. The number of ketones is 1. The lowest BCUT2D eigenvalue weighted by Crippen LogP contribution is -2.31. The van der Waals surface area contributed by atoms with Crippen LogP contribution in [0.15, 0.2) is 54.3 Å². The number of carbonyl (C=O) groups excluding carboxylic acids is 1.